The van der Waals surface area contributed by atoms with Crippen molar-refractivity contribution in [1.29, 1.82) is 0 Å². The van der Waals surface area contributed by atoms with Crippen LogP contribution in [0.15, 0.2) is 29.2 Å². The van der Waals surface area contributed by atoms with Gasteiger partial charge in [0.2, 0.25) is 5.91 Å². The van der Waals surface area contributed by atoms with Crippen LogP contribution in [0.3, 0.4) is 0 Å². The molecule has 4 rings (SSSR count). The highest BCUT2D eigenvalue weighted by Crippen LogP contribution is 2.34. The third-order valence-electron chi connectivity index (χ3n) is 5.84. The maximum atomic E-state index is 12.9. The molecule has 1 amide bonds. The quantitative estimate of drug-likeness (QED) is 0.775. The Labute approximate surface area is 164 Å². The van der Waals surface area contributed by atoms with Crippen molar-refractivity contribution >= 4 is 17.2 Å². The summed E-state index contributed by atoms with van der Waals surface area (Å²) in [6.07, 6.45) is 4.53. The largest absolute Gasteiger partial charge is 0.339 e. The molecular weight excluding hydrogens is 360 g/mol. The average Bonchev–Trinajstić information content (AvgIpc) is 3.39. The Bertz CT molecular complexity index is 733. The molecule has 146 valence electrons. The predicted octanol–water partition coefficient (Wildman–Crippen LogP) is 1.40. The Morgan fingerprint density at radius 1 is 1.22 bits per heavy atom. The summed E-state index contributed by atoms with van der Waals surface area (Å²) in [5.41, 5.74) is 1.54. The van der Waals surface area contributed by atoms with Crippen LogP contribution in [0.5, 0.6) is 0 Å². The fourth-order valence-electron chi connectivity index (χ4n) is 4.45. The van der Waals surface area contributed by atoms with Crippen molar-refractivity contribution in [3.8, 4) is 0 Å². The number of hydrogen-bond acceptors (Lipinski definition) is 6. The molecule has 2 aliphatic rings. The first-order valence-corrected chi connectivity index (χ1v) is 10.7. The molecule has 8 heteroatoms. The fraction of sp³-hybridized carbons (Fsp3) is 0.632. The summed E-state index contributed by atoms with van der Waals surface area (Å²) in [5.74, 6) is 0.146. The first kappa shape index (κ1) is 18.6. The molecule has 1 unspecified atom stereocenters. The van der Waals surface area contributed by atoms with E-state index in [0.29, 0.717) is 0 Å². The third-order valence-corrected chi connectivity index (χ3v) is 6.58. The van der Waals surface area contributed by atoms with Crippen LogP contribution in [-0.4, -0.2) is 81.4 Å². The highest BCUT2D eigenvalue weighted by Gasteiger charge is 2.42. The van der Waals surface area contributed by atoms with Crippen LogP contribution < -0.4 is 0 Å². The van der Waals surface area contributed by atoms with Gasteiger partial charge in [-0.15, -0.1) is 5.10 Å². The van der Waals surface area contributed by atoms with Crippen LogP contribution in [0.25, 0.3) is 0 Å². The van der Waals surface area contributed by atoms with E-state index in [9.17, 15) is 4.79 Å². The minimum atomic E-state index is 0.146. The van der Waals surface area contributed by atoms with Gasteiger partial charge < -0.3 is 9.80 Å². The lowest BCUT2D eigenvalue weighted by Crippen LogP contribution is -2.45. The Kier molecular flexibility index (Phi) is 5.56. The molecule has 2 aliphatic heterocycles. The summed E-state index contributed by atoms with van der Waals surface area (Å²) in [6.45, 7) is 10.4. The number of nitrogens with zero attached hydrogens (tertiary/aromatic N) is 6. The molecule has 1 atom stereocenters. The van der Waals surface area contributed by atoms with E-state index < -0.39 is 0 Å². The lowest BCUT2D eigenvalue weighted by molar-refractivity contribution is -0.133. The Morgan fingerprint density at radius 3 is 2.81 bits per heavy atom. The minimum Gasteiger partial charge on any atom is -0.339 e. The monoisotopic (exact) mass is 388 g/mol. The maximum Gasteiger partial charge on any atom is 0.244 e. The molecule has 0 bridgehead atoms. The number of likely N-dealkylation sites (tertiary alicyclic amines) is 1. The molecule has 1 spiro atoms. The number of carbonyl (C=O) groups excluding carboxylic acids is 1. The van der Waals surface area contributed by atoms with Gasteiger partial charge in [-0.1, -0.05) is 12.1 Å². The smallest absolute Gasteiger partial charge is 0.244 e. The van der Waals surface area contributed by atoms with Gasteiger partial charge in [0.1, 0.15) is 6.54 Å². The fourth-order valence-corrected chi connectivity index (χ4v) is 5.11. The second-order valence-corrected chi connectivity index (χ2v) is 8.66. The van der Waals surface area contributed by atoms with Crippen molar-refractivity contribution in [1.82, 2.24) is 29.7 Å². The summed E-state index contributed by atoms with van der Waals surface area (Å²) in [5, 5.41) is 12.1. The van der Waals surface area contributed by atoms with E-state index in [1.165, 1.54) is 5.56 Å². The average molecular weight is 389 g/mol. The Morgan fingerprint density at radius 2 is 2.11 bits per heavy atom. The van der Waals surface area contributed by atoms with Crippen LogP contribution in [0.2, 0.25) is 0 Å². The van der Waals surface area contributed by atoms with E-state index in [4.69, 9.17) is 0 Å². The standard InChI is InChI=1S/C19H28N6OS/c1-2-22-6-4-19(14-22)15-23(11-17-3-10-27-13-17)8-9-24(16-19)18(26)12-25-7-5-20-21-25/h3,5,7,10,13H,2,4,6,8-9,11-12,14-16H2,1H3. The van der Waals surface area contributed by atoms with E-state index in [-0.39, 0.29) is 17.9 Å². The predicted molar refractivity (Wildman–Crippen MR) is 105 cm³/mol. The molecular formula is C19H28N6OS. The molecule has 2 fully saturated rings. The van der Waals surface area contributed by atoms with E-state index in [1.807, 2.05) is 0 Å². The Balaban J connectivity index is 1.50. The number of hydrogen-bond donors (Lipinski definition) is 0. The molecule has 0 aliphatic carbocycles. The van der Waals surface area contributed by atoms with E-state index >= 15 is 0 Å². The lowest BCUT2D eigenvalue weighted by atomic mass is 9.86. The second-order valence-electron chi connectivity index (χ2n) is 7.88. The van der Waals surface area contributed by atoms with Crippen molar-refractivity contribution in [3.63, 3.8) is 0 Å². The van der Waals surface area contributed by atoms with Crippen molar-refractivity contribution in [2.45, 2.75) is 26.4 Å². The van der Waals surface area contributed by atoms with Crippen LogP contribution in [0, 0.1) is 5.41 Å². The third kappa shape index (κ3) is 4.39. The SMILES string of the molecule is CCN1CCC2(C1)CN(Cc1ccsc1)CCN(C(=O)Cn1ccnn1)C2. The molecule has 7 nitrogen and oxygen atoms in total. The minimum absolute atomic E-state index is 0.146. The molecule has 4 heterocycles. The normalized spacial score (nSPS) is 24.6. The maximum absolute atomic E-state index is 12.9. The molecule has 2 saturated heterocycles. The second kappa shape index (κ2) is 8.08. The topological polar surface area (TPSA) is 57.5 Å². The molecule has 2 aromatic rings. The van der Waals surface area contributed by atoms with E-state index in [0.717, 1.165) is 58.8 Å². The highest BCUT2D eigenvalue weighted by molar-refractivity contribution is 7.07. The van der Waals surface area contributed by atoms with Gasteiger partial charge in [-0.2, -0.15) is 11.3 Å². The summed E-state index contributed by atoms with van der Waals surface area (Å²) >= 11 is 1.75. The zero-order valence-corrected chi connectivity index (χ0v) is 16.8. The van der Waals surface area contributed by atoms with Gasteiger partial charge in [-0.05, 0) is 41.9 Å². The van der Waals surface area contributed by atoms with E-state index in [2.05, 4.69) is 48.8 Å². The van der Waals surface area contributed by atoms with Gasteiger partial charge in [0.25, 0.3) is 0 Å². The molecule has 0 N–H and O–H groups in total. The molecule has 0 aromatic carbocycles. The zero-order chi connectivity index (χ0) is 18.7. The van der Waals surface area contributed by atoms with Crippen LogP contribution in [-0.2, 0) is 17.9 Å². The number of carbonyl (C=O) groups is 1. The first-order valence-electron chi connectivity index (χ1n) is 9.73. The lowest BCUT2D eigenvalue weighted by Gasteiger charge is -2.34. The highest BCUT2D eigenvalue weighted by atomic mass is 32.1. The zero-order valence-electron chi connectivity index (χ0n) is 16.0. The van der Waals surface area contributed by atoms with Gasteiger partial charge in [-0.3, -0.25) is 9.69 Å². The van der Waals surface area contributed by atoms with Crippen molar-refractivity contribution in [2.24, 2.45) is 5.41 Å². The molecule has 0 radical (unpaired) electrons. The summed E-state index contributed by atoms with van der Waals surface area (Å²) in [7, 11) is 0. The first-order chi connectivity index (χ1) is 13.2. The summed E-state index contributed by atoms with van der Waals surface area (Å²) < 4.78 is 1.62. The van der Waals surface area contributed by atoms with Gasteiger partial charge >= 0.3 is 0 Å². The summed E-state index contributed by atoms with van der Waals surface area (Å²) in [4.78, 5) is 20.1. The number of rotatable bonds is 5. The molecule has 0 saturated carbocycles. The van der Waals surface area contributed by atoms with Crippen LogP contribution in [0.1, 0.15) is 18.9 Å². The molecule has 27 heavy (non-hydrogen) atoms. The van der Waals surface area contributed by atoms with Crippen molar-refractivity contribution in [2.75, 3.05) is 45.8 Å². The Hall–Kier alpha value is -1.77. The molecule has 2 aromatic heterocycles. The van der Waals surface area contributed by atoms with Gasteiger partial charge in [-0.25, -0.2) is 4.68 Å². The van der Waals surface area contributed by atoms with Crippen molar-refractivity contribution < 1.29 is 4.79 Å². The van der Waals surface area contributed by atoms with Gasteiger partial charge in [0, 0.05) is 50.9 Å². The van der Waals surface area contributed by atoms with Crippen LogP contribution in [0.4, 0.5) is 0 Å². The van der Waals surface area contributed by atoms with Crippen LogP contribution >= 0.6 is 11.3 Å². The number of thiophene rings is 1. The van der Waals surface area contributed by atoms with E-state index in [1.54, 1.807) is 28.4 Å². The number of amides is 1. The summed E-state index contributed by atoms with van der Waals surface area (Å²) in [6, 6.07) is 2.21. The van der Waals surface area contributed by atoms with Gasteiger partial charge in [0.05, 0.1) is 6.20 Å². The van der Waals surface area contributed by atoms with Crippen molar-refractivity contribution in [3.05, 3.63) is 34.8 Å². The number of aromatic nitrogens is 3. The van der Waals surface area contributed by atoms with Gasteiger partial charge in [0.15, 0.2) is 0 Å².